The zero-order valence-corrected chi connectivity index (χ0v) is 18.5. The topological polar surface area (TPSA) is 102 Å². The van der Waals surface area contributed by atoms with Gasteiger partial charge in [0.25, 0.3) is 5.91 Å². The second-order valence-electron chi connectivity index (χ2n) is 7.03. The van der Waals surface area contributed by atoms with Gasteiger partial charge in [0.1, 0.15) is 17.3 Å². The quantitative estimate of drug-likeness (QED) is 0.408. The Labute approximate surface area is 190 Å². The predicted octanol–water partition coefficient (Wildman–Crippen LogP) is 3.69. The Kier molecular flexibility index (Phi) is 6.12. The third-order valence-electron chi connectivity index (χ3n) is 5.09. The lowest BCUT2D eigenvalue weighted by molar-refractivity contribution is -0.385. The summed E-state index contributed by atoms with van der Waals surface area (Å²) in [7, 11) is 0. The number of aromatic nitrogens is 2. The van der Waals surface area contributed by atoms with Gasteiger partial charge in [-0.2, -0.15) is 5.10 Å². The van der Waals surface area contributed by atoms with Crippen molar-refractivity contribution in [1.29, 1.82) is 0 Å². The fraction of sp³-hybridized carbons (Fsp3) is 0.316. The summed E-state index contributed by atoms with van der Waals surface area (Å²) in [5.74, 6) is -0.238. The molecule has 3 aromatic rings. The standard InChI is InChI=1S/C19H17Cl2N5O4S/c20-12-1-2-14-15(9-12)31-18(17(14)21)19(28)24-7-5-23(6-8-24)16(27)3-4-25-11-13(10-22-25)26(29)30/h1-2,9-11H,3-8H2. The maximum absolute atomic E-state index is 13.0. The zero-order chi connectivity index (χ0) is 22.1. The minimum atomic E-state index is -0.529. The van der Waals surface area contributed by atoms with Crippen LogP contribution in [-0.2, 0) is 11.3 Å². The third kappa shape index (κ3) is 4.51. The molecule has 9 nitrogen and oxygen atoms in total. The van der Waals surface area contributed by atoms with Crippen molar-refractivity contribution in [2.45, 2.75) is 13.0 Å². The number of fused-ring (bicyclic) bond motifs is 1. The van der Waals surface area contributed by atoms with Gasteiger partial charge in [-0.1, -0.05) is 29.3 Å². The molecular weight excluding hydrogens is 465 g/mol. The van der Waals surface area contributed by atoms with Crippen LogP contribution in [0.15, 0.2) is 30.6 Å². The summed E-state index contributed by atoms with van der Waals surface area (Å²) in [6, 6.07) is 5.33. The number of halogens is 2. The second kappa shape index (κ2) is 8.81. The van der Waals surface area contributed by atoms with Crippen LogP contribution in [0.5, 0.6) is 0 Å². The number of piperazine rings is 1. The minimum Gasteiger partial charge on any atom is -0.339 e. The van der Waals surface area contributed by atoms with Gasteiger partial charge in [-0.15, -0.1) is 11.3 Å². The van der Waals surface area contributed by atoms with E-state index < -0.39 is 4.92 Å². The molecule has 3 heterocycles. The second-order valence-corrected chi connectivity index (χ2v) is 8.89. The molecule has 0 saturated carbocycles. The number of benzene rings is 1. The molecule has 1 aliphatic rings. The fourth-order valence-electron chi connectivity index (χ4n) is 3.42. The van der Waals surface area contributed by atoms with Crippen LogP contribution in [0.2, 0.25) is 10.0 Å². The van der Waals surface area contributed by atoms with Crippen molar-refractivity contribution in [1.82, 2.24) is 19.6 Å². The molecule has 2 aromatic heterocycles. The van der Waals surface area contributed by atoms with Crippen LogP contribution in [0, 0.1) is 10.1 Å². The van der Waals surface area contributed by atoms with Crippen molar-refractivity contribution in [2.24, 2.45) is 0 Å². The Hall–Kier alpha value is -2.69. The molecule has 4 rings (SSSR count). The summed E-state index contributed by atoms with van der Waals surface area (Å²) >= 11 is 13.8. The van der Waals surface area contributed by atoms with Gasteiger partial charge in [-0.3, -0.25) is 24.4 Å². The number of hydrogen-bond donors (Lipinski definition) is 0. The number of nitro groups is 1. The largest absolute Gasteiger partial charge is 0.339 e. The van der Waals surface area contributed by atoms with Crippen LogP contribution in [0.1, 0.15) is 16.1 Å². The average Bonchev–Trinajstić information content (AvgIpc) is 3.36. The molecule has 162 valence electrons. The first-order valence-electron chi connectivity index (χ1n) is 9.45. The molecule has 0 aliphatic carbocycles. The lowest BCUT2D eigenvalue weighted by atomic mass is 10.2. The van der Waals surface area contributed by atoms with Crippen LogP contribution in [0.25, 0.3) is 10.1 Å². The van der Waals surface area contributed by atoms with E-state index in [-0.39, 0.29) is 30.5 Å². The van der Waals surface area contributed by atoms with Crippen molar-refractivity contribution < 1.29 is 14.5 Å². The van der Waals surface area contributed by atoms with Crippen molar-refractivity contribution in [3.8, 4) is 0 Å². The van der Waals surface area contributed by atoms with Gasteiger partial charge in [0.15, 0.2) is 0 Å². The van der Waals surface area contributed by atoms with E-state index in [2.05, 4.69) is 5.10 Å². The van der Waals surface area contributed by atoms with E-state index >= 15 is 0 Å². The Morgan fingerprint density at radius 1 is 1.16 bits per heavy atom. The van der Waals surface area contributed by atoms with Crippen molar-refractivity contribution >= 4 is 62.1 Å². The maximum Gasteiger partial charge on any atom is 0.306 e. The molecule has 1 aromatic carbocycles. The molecule has 31 heavy (non-hydrogen) atoms. The molecule has 0 atom stereocenters. The van der Waals surface area contributed by atoms with Gasteiger partial charge in [-0.25, -0.2) is 0 Å². The molecule has 1 saturated heterocycles. The molecule has 0 bridgehead atoms. The van der Waals surface area contributed by atoms with E-state index in [4.69, 9.17) is 23.2 Å². The Bertz CT molecular complexity index is 1170. The molecule has 2 amide bonds. The van der Waals surface area contributed by atoms with Gasteiger partial charge >= 0.3 is 5.69 Å². The average molecular weight is 482 g/mol. The van der Waals surface area contributed by atoms with E-state index in [9.17, 15) is 19.7 Å². The van der Waals surface area contributed by atoms with Gasteiger partial charge in [0, 0.05) is 54.3 Å². The van der Waals surface area contributed by atoms with E-state index in [0.29, 0.717) is 41.1 Å². The van der Waals surface area contributed by atoms with Crippen LogP contribution < -0.4 is 0 Å². The first-order valence-corrected chi connectivity index (χ1v) is 11.0. The number of hydrogen-bond acceptors (Lipinski definition) is 6. The Morgan fingerprint density at radius 2 is 1.87 bits per heavy atom. The SMILES string of the molecule is O=C(CCn1cc([N+](=O)[O-])cn1)N1CCN(C(=O)c2sc3cc(Cl)ccc3c2Cl)CC1. The number of carbonyl (C=O) groups is 2. The number of amides is 2. The lowest BCUT2D eigenvalue weighted by Crippen LogP contribution is -2.50. The highest BCUT2D eigenvalue weighted by molar-refractivity contribution is 7.21. The van der Waals surface area contributed by atoms with Crippen LogP contribution in [-0.4, -0.2) is 62.5 Å². The van der Waals surface area contributed by atoms with Crippen molar-refractivity contribution in [2.75, 3.05) is 26.2 Å². The first-order chi connectivity index (χ1) is 14.8. The summed E-state index contributed by atoms with van der Waals surface area (Å²) in [6.07, 6.45) is 2.63. The molecule has 0 N–H and O–H groups in total. The van der Waals surface area contributed by atoms with E-state index in [1.165, 1.54) is 22.2 Å². The summed E-state index contributed by atoms with van der Waals surface area (Å²) in [6.45, 7) is 1.90. The van der Waals surface area contributed by atoms with Crippen LogP contribution in [0.3, 0.4) is 0 Å². The van der Waals surface area contributed by atoms with Gasteiger partial charge < -0.3 is 9.80 Å². The van der Waals surface area contributed by atoms with Crippen molar-refractivity contribution in [3.63, 3.8) is 0 Å². The number of aryl methyl sites for hydroxylation is 1. The van der Waals surface area contributed by atoms with Gasteiger partial charge in [0.05, 0.1) is 9.95 Å². The number of rotatable bonds is 5. The highest BCUT2D eigenvalue weighted by Crippen LogP contribution is 2.37. The first kappa shape index (κ1) is 21.5. The Morgan fingerprint density at radius 3 is 2.55 bits per heavy atom. The van der Waals surface area contributed by atoms with Crippen LogP contribution >= 0.6 is 34.5 Å². The van der Waals surface area contributed by atoms with E-state index in [0.717, 1.165) is 16.3 Å². The van der Waals surface area contributed by atoms with E-state index in [1.54, 1.807) is 28.0 Å². The molecular formula is C19H17Cl2N5O4S. The molecule has 0 spiro atoms. The molecule has 1 aliphatic heterocycles. The monoisotopic (exact) mass is 481 g/mol. The van der Waals surface area contributed by atoms with Gasteiger partial charge in [-0.05, 0) is 12.1 Å². The minimum absolute atomic E-state index is 0.0835. The highest BCUT2D eigenvalue weighted by Gasteiger charge is 2.27. The third-order valence-corrected chi connectivity index (χ3v) is 6.97. The summed E-state index contributed by atoms with van der Waals surface area (Å²) in [5, 5.41) is 16.4. The fourth-order valence-corrected chi connectivity index (χ4v) is 5.17. The van der Waals surface area contributed by atoms with Gasteiger partial charge in [0.2, 0.25) is 5.91 Å². The number of nitrogens with zero attached hydrogens (tertiary/aromatic N) is 5. The predicted molar refractivity (Wildman–Crippen MR) is 118 cm³/mol. The number of thiophene rings is 1. The summed E-state index contributed by atoms with van der Waals surface area (Å²) in [4.78, 5) is 39.5. The number of carbonyl (C=O) groups excluding carboxylic acids is 2. The molecule has 12 heteroatoms. The van der Waals surface area contributed by atoms with E-state index in [1.807, 2.05) is 0 Å². The maximum atomic E-state index is 13.0. The molecule has 1 fully saturated rings. The molecule has 0 unspecified atom stereocenters. The Balaban J connectivity index is 1.33. The smallest absolute Gasteiger partial charge is 0.306 e. The summed E-state index contributed by atoms with van der Waals surface area (Å²) < 4.78 is 2.24. The van der Waals surface area contributed by atoms with Crippen LogP contribution in [0.4, 0.5) is 5.69 Å². The van der Waals surface area contributed by atoms with Crippen molar-refractivity contribution in [3.05, 3.63) is 55.6 Å². The highest BCUT2D eigenvalue weighted by atomic mass is 35.5. The normalized spacial score (nSPS) is 14.3. The molecule has 0 radical (unpaired) electrons. The summed E-state index contributed by atoms with van der Waals surface area (Å²) in [5.41, 5.74) is -0.109. The lowest BCUT2D eigenvalue weighted by Gasteiger charge is -2.34. The zero-order valence-electron chi connectivity index (χ0n) is 16.2.